The van der Waals surface area contributed by atoms with Crippen LogP contribution in [0.3, 0.4) is 0 Å². The molecule has 0 aliphatic rings. The molecule has 0 aliphatic heterocycles. The first-order valence-electron chi connectivity index (χ1n) is 4.47. The Labute approximate surface area is 103 Å². The summed E-state index contributed by atoms with van der Waals surface area (Å²) in [5.74, 6) is 0. The molecule has 3 aromatic rings. The number of aromatic amines is 1. The standard InChI is InChI=1S/C10H5ClN2OS2/c11-8-2-1-6(15-8)7-3-5-9(16-7)10(14)13-4-12-5/h1-4H,(H,12,13,14). The fraction of sp³-hybridized carbons (Fsp3) is 0. The molecule has 0 saturated carbocycles. The number of nitrogens with zero attached hydrogens (tertiary/aromatic N) is 1. The number of nitrogens with one attached hydrogen (secondary N) is 1. The third kappa shape index (κ3) is 1.57. The topological polar surface area (TPSA) is 45.8 Å². The Bertz CT molecular complexity index is 713. The molecule has 0 bridgehead atoms. The van der Waals surface area contributed by atoms with Crippen molar-refractivity contribution >= 4 is 44.5 Å². The number of halogens is 1. The Morgan fingerprint density at radius 1 is 1.25 bits per heavy atom. The van der Waals surface area contributed by atoms with E-state index in [0.29, 0.717) is 4.70 Å². The molecule has 1 N–H and O–H groups in total. The van der Waals surface area contributed by atoms with E-state index < -0.39 is 0 Å². The predicted octanol–water partition coefficient (Wildman–Crippen LogP) is 3.37. The summed E-state index contributed by atoms with van der Waals surface area (Å²) >= 11 is 8.81. The lowest BCUT2D eigenvalue weighted by Crippen LogP contribution is -2.02. The number of rotatable bonds is 1. The van der Waals surface area contributed by atoms with E-state index in [1.165, 1.54) is 29.0 Å². The van der Waals surface area contributed by atoms with E-state index >= 15 is 0 Å². The van der Waals surface area contributed by atoms with Crippen molar-refractivity contribution in [1.82, 2.24) is 9.97 Å². The molecule has 0 amide bonds. The molecule has 0 fully saturated rings. The van der Waals surface area contributed by atoms with Crippen molar-refractivity contribution in [3.05, 3.63) is 39.2 Å². The molecule has 0 unspecified atom stereocenters. The Kier molecular flexibility index (Phi) is 2.31. The smallest absolute Gasteiger partial charge is 0.268 e. The van der Waals surface area contributed by atoms with E-state index in [9.17, 15) is 4.79 Å². The predicted molar refractivity (Wildman–Crippen MR) is 68.6 cm³/mol. The van der Waals surface area contributed by atoms with Crippen molar-refractivity contribution in [3.63, 3.8) is 0 Å². The van der Waals surface area contributed by atoms with Crippen LogP contribution in [0.1, 0.15) is 0 Å². The van der Waals surface area contributed by atoms with Crippen LogP contribution in [0.5, 0.6) is 0 Å². The second-order valence-electron chi connectivity index (χ2n) is 3.16. The van der Waals surface area contributed by atoms with Crippen LogP contribution in [0.25, 0.3) is 20.0 Å². The molecule has 80 valence electrons. The van der Waals surface area contributed by atoms with Crippen molar-refractivity contribution in [1.29, 1.82) is 0 Å². The van der Waals surface area contributed by atoms with Crippen LogP contribution in [-0.2, 0) is 0 Å². The lowest BCUT2D eigenvalue weighted by atomic mass is 10.3. The van der Waals surface area contributed by atoms with Gasteiger partial charge in [0.05, 0.1) is 16.2 Å². The van der Waals surface area contributed by atoms with Gasteiger partial charge in [-0.3, -0.25) is 4.79 Å². The number of hydrogen-bond acceptors (Lipinski definition) is 4. The van der Waals surface area contributed by atoms with Gasteiger partial charge in [0, 0.05) is 9.75 Å². The van der Waals surface area contributed by atoms with Gasteiger partial charge in [-0.2, -0.15) is 0 Å². The van der Waals surface area contributed by atoms with Gasteiger partial charge >= 0.3 is 0 Å². The molecule has 0 atom stereocenters. The molecule has 3 heterocycles. The number of thiophene rings is 2. The lowest BCUT2D eigenvalue weighted by Gasteiger charge is -1.85. The van der Waals surface area contributed by atoms with Crippen LogP contribution < -0.4 is 5.56 Å². The maximum Gasteiger partial charge on any atom is 0.268 e. The van der Waals surface area contributed by atoms with Gasteiger partial charge in [0.1, 0.15) is 4.70 Å². The maximum atomic E-state index is 11.5. The third-order valence-corrected chi connectivity index (χ3v) is 4.68. The highest BCUT2D eigenvalue weighted by atomic mass is 35.5. The van der Waals surface area contributed by atoms with Gasteiger partial charge in [-0.15, -0.1) is 22.7 Å². The minimum atomic E-state index is -0.0936. The quantitative estimate of drug-likeness (QED) is 0.735. The minimum absolute atomic E-state index is 0.0936. The zero-order valence-electron chi connectivity index (χ0n) is 7.86. The molecule has 3 aromatic heterocycles. The Hall–Kier alpha value is -1.17. The number of fused-ring (bicyclic) bond motifs is 1. The SMILES string of the molecule is O=c1[nH]cnc2cc(-c3ccc(Cl)s3)sc12. The Balaban J connectivity index is 2.26. The highest BCUT2D eigenvalue weighted by Gasteiger charge is 2.09. The zero-order valence-corrected chi connectivity index (χ0v) is 10.2. The average Bonchev–Trinajstić information content (AvgIpc) is 2.84. The molecule has 0 saturated heterocycles. The second kappa shape index (κ2) is 3.69. The fourth-order valence-electron chi connectivity index (χ4n) is 1.43. The normalized spacial score (nSPS) is 11.1. The summed E-state index contributed by atoms with van der Waals surface area (Å²) in [5, 5.41) is 0. The van der Waals surface area contributed by atoms with Crippen molar-refractivity contribution in [2.45, 2.75) is 0 Å². The van der Waals surface area contributed by atoms with Gasteiger partial charge in [-0.25, -0.2) is 4.98 Å². The largest absolute Gasteiger partial charge is 0.312 e. The number of H-pyrrole nitrogens is 1. The van der Waals surface area contributed by atoms with Crippen LogP contribution in [0.4, 0.5) is 0 Å². The molecule has 3 nitrogen and oxygen atoms in total. The monoisotopic (exact) mass is 268 g/mol. The lowest BCUT2D eigenvalue weighted by molar-refractivity contribution is 1.18. The van der Waals surface area contributed by atoms with E-state index in [4.69, 9.17) is 11.6 Å². The summed E-state index contributed by atoms with van der Waals surface area (Å²) < 4.78 is 1.40. The van der Waals surface area contributed by atoms with Gasteiger partial charge in [0.25, 0.3) is 5.56 Å². The highest BCUT2D eigenvalue weighted by Crippen LogP contribution is 2.36. The highest BCUT2D eigenvalue weighted by molar-refractivity contribution is 7.27. The van der Waals surface area contributed by atoms with E-state index in [-0.39, 0.29) is 5.56 Å². The fourth-order valence-corrected chi connectivity index (χ4v) is 3.57. The first-order valence-corrected chi connectivity index (χ1v) is 6.48. The van der Waals surface area contributed by atoms with E-state index in [1.54, 1.807) is 0 Å². The number of hydrogen-bond donors (Lipinski definition) is 1. The second-order valence-corrected chi connectivity index (χ2v) is 5.93. The van der Waals surface area contributed by atoms with Crippen molar-refractivity contribution in [2.24, 2.45) is 0 Å². The van der Waals surface area contributed by atoms with Crippen molar-refractivity contribution < 1.29 is 0 Å². The first kappa shape index (κ1) is 10.0. The molecular formula is C10H5ClN2OS2. The molecule has 0 aliphatic carbocycles. The average molecular weight is 269 g/mol. The van der Waals surface area contributed by atoms with Crippen LogP contribution in [0.2, 0.25) is 4.34 Å². The Morgan fingerprint density at radius 3 is 2.81 bits per heavy atom. The summed E-state index contributed by atoms with van der Waals surface area (Å²) in [6, 6.07) is 5.72. The van der Waals surface area contributed by atoms with Crippen LogP contribution in [0.15, 0.2) is 29.3 Å². The van der Waals surface area contributed by atoms with Crippen LogP contribution in [0, 0.1) is 0 Å². The van der Waals surface area contributed by atoms with Gasteiger partial charge < -0.3 is 4.98 Å². The van der Waals surface area contributed by atoms with Gasteiger partial charge in [0.15, 0.2) is 0 Å². The molecule has 0 radical (unpaired) electrons. The number of aromatic nitrogens is 2. The first-order chi connectivity index (χ1) is 7.74. The summed E-state index contributed by atoms with van der Waals surface area (Å²) in [5.41, 5.74) is 0.636. The summed E-state index contributed by atoms with van der Waals surface area (Å²) in [7, 11) is 0. The zero-order chi connectivity index (χ0) is 11.1. The van der Waals surface area contributed by atoms with Gasteiger partial charge in [-0.05, 0) is 18.2 Å². The molecule has 3 rings (SSSR count). The van der Waals surface area contributed by atoms with Crippen molar-refractivity contribution in [2.75, 3.05) is 0 Å². The van der Waals surface area contributed by atoms with Crippen LogP contribution in [-0.4, -0.2) is 9.97 Å². The third-order valence-electron chi connectivity index (χ3n) is 2.13. The molecular weight excluding hydrogens is 264 g/mol. The van der Waals surface area contributed by atoms with Gasteiger partial charge in [0.2, 0.25) is 0 Å². The summed E-state index contributed by atoms with van der Waals surface area (Å²) in [6.45, 7) is 0. The summed E-state index contributed by atoms with van der Waals surface area (Å²) in [4.78, 5) is 20.3. The van der Waals surface area contributed by atoms with Gasteiger partial charge in [-0.1, -0.05) is 11.6 Å². The molecule has 0 spiro atoms. The molecule has 16 heavy (non-hydrogen) atoms. The van der Waals surface area contributed by atoms with E-state index in [0.717, 1.165) is 19.6 Å². The van der Waals surface area contributed by atoms with Crippen LogP contribution >= 0.6 is 34.3 Å². The van der Waals surface area contributed by atoms with E-state index in [1.807, 2.05) is 18.2 Å². The Morgan fingerprint density at radius 2 is 2.12 bits per heavy atom. The molecule has 6 heteroatoms. The summed E-state index contributed by atoms with van der Waals surface area (Å²) in [6.07, 6.45) is 1.42. The molecule has 0 aromatic carbocycles. The minimum Gasteiger partial charge on any atom is -0.312 e. The van der Waals surface area contributed by atoms with Crippen molar-refractivity contribution in [3.8, 4) is 9.75 Å². The maximum absolute atomic E-state index is 11.5. The van der Waals surface area contributed by atoms with E-state index in [2.05, 4.69) is 9.97 Å².